The Kier molecular flexibility index (Phi) is 5.66. The molecule has 1 aliphatic rings. The van der Waals surface area contributed by atoms with Crippen LogP contribution in [0.1, 0.15) is 33.6 Å². The van der Waals surface area contributed by atoms with Crippen molar-refractivity contribution >= 4 is 11.4 Å². The fourth-order valence-electron chi connectivity index (χ4n) is 2.89. The van der Waals surface area contributed by atoms with Gasteiger partial charge in [0, 0.05) is 31.2 Å². The number of nitrogens with one attached hydrogen (secondary N) is 1. The van der Waals surface area contributed by atoms with Crippen LogP contribution in [0.2, 0.25) is 0 Å². The maximum Gasteiger partial charge on any atom is 0.273 e. The van der Waals surface area contributed by atoms with Crippen LogP contribution < -0.4 is 15.0 Å². The van der Waals surface area contributed by atoms with Crippen LogP contribution in [0.25, 0.3) is 0 Å². The second-order valence-electron chi connectivity index (χ2n) is 6.92. The third kappa shape index (κ3) is 4.36. The number of non-ortho nitro benzene ring substituents is 1. The zero-order valence-electron chi connectivity index (χ0n) is 14.8. The van der Waals surface area contributed by atoms with Crippen molar-refractivity contribution in [3.8, 4) is 5.75 Å². The number of ether oxygens (including phenoxy) is 1. The molecule has 0 saturated carbocycles. The van der Waals surface area contributed by atoms with Crippen molar-refractivity contribution in [3.05, 3.63) is 28.3 Å². The Bertz CT molecular complexity index is 578. The van der Waals surface area contributed by atoms with E-state index < -0.39 is 10.5 Å². The normalized spacial score (nSPS) is 17.6. The van der Waals surface area contributed by atoms with Gasteiger partial charge in [0.25, 0.3) is 5.69 Å². The number of anilines is 1. The number of aliphatic hydroxyl groups is 1. The minimum Gasteiger partial charge on any atom is -0.494 e. The molecule has 2 rings (SSSR count). The van der Waals surface area contributed by atoms with Crippen LogP contribution in [-0.4, -0.2) is 47.9 Å². The van der Waals surface area contributed by atoms with Gasteiger partial charge in [0.15, 0.2) is 0 Å². The number of nitrogens with zero attached hydrogens (tertiary/aromatic N) is 2. The van der Waals surface area contributed by atoms with Crippen molar-refractivity contribution in [3.63, 3.8) is 0 Å². The van der Waals surface area contributed by atoms with Crippen molar-refractivity contribution in [1.29, 1.82) is 0 Å². The summed E-state index contributed by atoms with van der Waals surface area (Å²) < 4.78 is 5.33. The van der Waals surface area contributed by atoms with E-state index >= 15 is 0 Å². The van der Waals surface area contributed by atoms with Crippen LogP contribution in [0.4, 0.5) is 11.4 Å². The standard InChI is InChI=1S/C17H27N3O4/c1-12(17(2,3)21)18-13-7-9-19(10-8-13)15-6-5-14(20(22)23)11-16(15)24-4/h5-6,11-13,18,21H,7-10H2,1-4H3/t12-/m0/s1. The lowest BCUT2D eigenvalue weighted by Crippen LogP contribution is -2.52. The fourth-order valence-corrected chi connectivity index (χ4v) is 2.89. The molecule has 1 atom stereocenters. The summed E-state index contributed by atoms with van der Waals surface area (Å²) in [5.74, 6) is 0.528. The monoisotopic (exact) mass is 337 g/mol. The summed E-state index contributed by atoms with van der Waals surface area (Å²) in [7, 11) is 1.53. The summed E-state index contributed by atoms with van der Waals surface area (Å²) >= 11 is 0. The van der Waals surface area contributed by atoms with E-state index in [0.717, 1.165) is 31.6 Å². The fraction of sp³-hybridized carbons (Fsp3) is 0.647. The molecule has 1 aromatic rings. The molecule has 2 N–H and O–H groups in total. The van der Waals surface area contributed by atoms with E-state index in [1.54, 1.807) is 6.07 Å². The first-order chi connectivity index (χ1) is 11.2. The quantitative estimate of drug-likeness (QED) is 0.612. The van der Waals surface area contributed by atoms with Gasteiger partial charge in [0.1, 0.15) is 5.75 Å². The van der Waals surface area contributed by atoms with Gasteiger partial charge >= 0.3 is 0 Å². The van der Waals surface area contributed by atoms with E-state index in [2.05, 4.69) is 10.2 Å². The van der Waals surface area contributed by atoms with E-state index in [0.29, 0.717) is 11.8 Å². The van der Waals surface area contributed by atoms with Gasteiger partial charge in [-0.1, -0.05) is 0 Å². The van der Waals surface area contributed by atoms with Crippen LogP contribution >= 0.6 is 0 Å². The van der Waals surface area contributed by atoms with Crippen LogP contribution in [-0.2, 0) is 0 Å². The number of hydrogen-bond donors (Lipinski definition) is 2. The SMILES string of the molecule is COc1cc([N+](=O)[O-])ccc1N1CCC(N[C@@H](C)C(C)(C)O)CC1. The Labute approximate surface area is 142 Å². The van der Waals surface area contributed by atoms with Gasteiger partial charge in [-0.2, -0.15) is 0 Å². The molecule has 134 valence electrons. The molecular weight excluding hydrogens is 310 g/mol. The van der Waals surface area contributed by atoms with Gasteiger partial charge in [0.2, 0.25) is 0 Å². The zero-order valence-corrected chi connectivity index (χ0v) is 14.8. The number of hydrogen-bond acceptors (Lipinski definition) is 6. The van der Waals surface area contributed by atoms with E-state index in [4.69, 9.17) is 4.74 Å². The van der Waals surface area contributed by atoms with Gasteiger partial charge in [-0.05, 0) is 39.7 Å². The summed E-state index contributed by atoms with van der Waals surface area (Å²) in [6, 6.07) is 5.10. The van der Waals surface area contributed by atoms with Crippen molar-refractivity contribution < 1.29 is 14.8 Å². The lowest BCUT2D eigenvalue weighted by Gasteiger charge is -2.38. The van der Waals surface area contributed by atoms with Gasteiger partial charge in [-0.15, -0.1) is 0 Å². The third-order valence-corrected chi connectivity index (χ3v) is 4.76. The molecule has 0 radical (unpaired) electrons. The van der Waals surface area contributed by atoms with Gasteiger partial charge in [0.05, 0.1) is 29.4 Å². The van der Waals surface area contributed by atoms with Crippen LogP contribution in [0, 0.1) is 10.1 Å². The number of methoxy groups -OCH3 is 1. The van der Waals surface area contributed by atoms with E-state index in [1.807, 2.05) is 20.8 Å². The van der Waals surface area contributed by atoms with Gasteiger partial charge in [-0.25, -0.2) is 0 Å². The van der Waals surface area contributed by atoms with E-state index in [-0.39, 0.29) is 11.7 Å². The lowest BCUT2D eigenvalue weighted by atomic mass is 9.97. The maximum atomic E-state index is 10.9. The van der Waals surface area contributed by atoms with Gasteiger partial charge in [-0.3, -0.25) is 10.1 Å². The van der Waals surface area contributed by atoms with Crippen molar-refractivity contribution in [1.82, 2.24) is 5.32 Å². The zero-order chi connectivity index (χ0) is 17.9. The van der Waals surface area contributed by atoms with Crippen molar-refractivity contribution in [2.75, 3.05) is 25.1 Å². The topological polar surface area (TPSA) is 87.9 Å². The Morgan fingerprint density at radius 1 is 1.42 bits per heavy atom. The molecule has 7 heteroatoms. The summed E-state index contributed by atoms with van der Waals surface area (Å²) in [6.45, 7) is 7.28. The highest BCUT2D eigenvalue weighted by atomic mass is 16.6. The molecule has 7 nitrogen and oxygen atoms in total. The summed E-state index contributed by atoms with van der Waals surface area (Å²) in [5.41, 5.74) is 0.168. The number of rotatable bonds is 6. The average molecular weight is 337 g/mol. The molecule has 1 heterocycles. The van der Waals surface area contributed by atoms with Crippen LogP contribution in [0.15, 0.2) is 18.2 Å². The minimum atomic E-state index is -0.751. The Balaban J connectivity index is 2.01. The highest BCUT2D eigenvalue weighted by Gasteiger charge is 2.28. The smallest absolute Gasteiger partial charge is 0.273 e. The molecule has 0 unspecified atom stereocenters. The predicted octanol–water partition coefficient (Wildman–Crippen LogP) is 2.32. The van der Waals surface area contributed by atoms with E-state index in [1.165, 1.54) is 19.2 Å². The molecule has 24 heavy (non-hydrogen) atoms. The molecule has 0 bridgehead atoms. The molecule has 0 aromatic heterocycles. The van der Waals surface area contributed by atoms with E-state index in [9.17, 15) is 15.2 Å². The van der Waals surface area contributed by atoms with Gasteiger partial charge < -0.3 is 20.1 Å². The highest BCUT2D eigenvalue weighted by Crippen LogP contribution is 2.33. The lowest BCUT2D eigenvalue weighted by molar-refractivity contribution is -0.384. The molecule has 0 spiro atoms. The molecule has 1 aromatic carbocycles. The molecule has 1 fully saturated rings. The number of nitro groups is 1. The minimum absolute atomic E-state index is 0.0166. The summed E-state index contributed by atoms with van der Waals surface area (Å²) in [6.07, 6.45) is 1.89. The first-order valence-corrected chi connectivity index (χ1v) is 8.28. The van der Waals surface area contributed by atoms with Crippen molar-refractivity contribution in [2.45, 2.75) is 51.3 Å². The second-order valence-corrected chi connectivity index (χ2v) is 6.92. The number of piperidine rings is 1. The first kappa shape index (κ1) is 18.5. The number of nitro benzene ring substituents is 1. The molecule has 0 amide bonds. The Morgan fingerprint density at radius 2 is 2.04 bits per heavy atom. The largest absolute Gasteiger partial charge is 0.494 e. The van der Waals surface area contributed by atoms with Crippen LogP contribution in [0.3, 0.4) is 0 Å². The maximum absolute atomic E-state index is 10.9. The van der Waals surface area contributed by atoms with Crippen LogP contribution in [0.5, 0.6) is 5.75 Å². The molecular formula is C17H27N3O4. The highest BCUT2D eigenvalue weighted by molar-refractivity contribution is 5.62. The summed E-state index contributed by atoms with van der Waals surface area (Å²) in [4.78, 5) is 12.7. The number of benzene rings is 1. The predicted molar refractivity (Wildman–Crippen MR) is 93.8 cm³/mol. The molecule has 1 aliphatic heterocycles. The molecule has 0 aliphatic carbocycles. The molecule has 1 saturated heterocycles. The Morgan fingerprint density at radius 3 is 2.54 bits per heavy atom. The summed E-state index contributed by atoms with van der Waals surface area (Å²) in [5, 5.41) is 24.4. The van der Waals surface area contributed by atoms with Crippen molar-refractivity contribution in [2.24, 2.45) is 0 Å². The third-order valence-electron chi connectivity index (χ3n) is 4.76. The average Bonchev–Trinajstić information content (AvgIpc) is 2.54. The Hall–Kier alpha value is -1.86. The second kappa shape index (κ2) is 7.36. The first-order valence-electron chi connectivity index (χ1n) is 8.28.